The molecule has 0 aromatic heterocycles. The zero-order valence-electron chi connectivity index (χ0n) is 33.1. The summed E-state index contributed by atoms with van der Waals surface area (Å²) in [5.41, 5.74) is -0.680. The van der Waals surface area contributed by atoms with Crippen LogP contribution >= 0.6 is 0 Å². The number of amides is 5. The van der Waals surface area contributed by atoms with Crippen LogP contribution in [0.25, 0.3) is 10.8 Å². The highest BCUT2D eigenvalue weighted by Gasteiger charge is 2.52. The van der Waals surface area contributed by atoms with Gasteiger partial charge in [0.05, 0.1) is 0 Å². The van der Waals surface area contributed by atoms with Gasteiger partial charge in [-0.2, -0.15) is 0 Å². The Bertz CT molecular complexity index is 2280. The average Bonchev–Trinajstić information content (AvgIpc) is 3.23. The highest BCUT2D eigenvalue weighted by atomic mass is 16.4. The lowest BCUT2D eigenvalue weighted by Crippen LogP contribution is -2.66. The molecule has 0 saturated carbocycles. The van der Waals surface area contributed by atoms with Gasteiger partial charge in [-0.05, 0) is 53.6 Å². The summed E-state index contributed by atoms with van der Waals surface area (Å²) in [6.45, 7) is 6.53. The molecule has 6 atom stereocenters. The number of imide groups is 2. The third-order valence-electron chi connectivity index (χ3n) is 11.9. The van der Waals surface area contributed by atoms with Crippen LogP contribution in [-0.4, -0.2) is 98.0 Å². The van der Waals surface area contributed by atoms with Crippen LogP contribution in [0.1, 0.15) is 93.1 Å². The standard InChI is InChI=1S/C45H46N4O10/c1-5-25(3)37(38(51)47-34(44(58)59)22-28-15-11-8-12-16-28)48-39(52)29-17-19-31-36-32(20-18-30(35(29)36)40(48)53)42(55)49(41(31)54)45(24-50,26(4)6-2)23-46-33(43(56)57)21-27-13-9-7-10-14-27/h7-20,24-26,33-34,37,46H,5-6,21-23H2,1-4H3,(H,47,51)(H,56,57)(H,58,59). The maximum atomic E-state index is 14.6. The second kappa shape index (κ2) is 17.1. The molecule has 59 heavy (non-hydrogen) atoms. The Morgan fingerprint density at radius 1 is 0.661 bits per heavy atom. The minimum atomic E-state index is -1.85. The minimum absolute atomic E-state index is 0.0374. The highest BCUT2D eigenvalue weighted by Crippen LogP contribution is 2.41. The molecular weight excluding hydrogens is 757 g/mol. The SMILES string of the molecule is CCC(C)C(C(=O)NC(Cc1ccccc1)C(=O)O)N1C(=O)c2ccc3c4c(ccc(c24)C1=O)C(=O)N(C(C=O)(CNC(Cc1ccccc1)C(=O)O)C(C)CC)C3=O. The number of benzene rings is 4. The fourth-order valence-electron chi connectivity index (χ4n) is 8.11. The van der Waals surface area contributed by atoms with Crippen molar-refractivity contribution in [3.63, 3.8) is 0 Å². The van der Waals surface area contributed by atoms with Crippen LogP contribution < -0.4 is 10.6 Å². The van der Waals surface area contributed by atoms with E-state index in [1.807, 2.05) is 0 Å². The number of aliphatic carboxylic acids is 2. The number of hydrogen-bond acceptors (Lipinski definition) is 9. The lowest BCUT2D eigenvalue weighted by molar-refractivity contribution is -0.142. The molecule has 2 aliphatic rings. The molecule has 0 saturated heterocycles. The Kier molecular flexibility index (Phi) is 12.2. The molecule has 0 aliphatic carbocycles. The highest BCUT2D eigenvalue weighted by molar-refractivity contribution is 6.34. The van der Waals surface area contributed by atoms with Crippen molar-refractivity contribution in [2.24, 2.45) is 11.8 Å². The number of carbonyl (C=O) groups excluding carboxylic acids is 6. The van der Waals surface area contributed by atoms with Crippen molar-refractivity contribution in [1.29, 1.82) is 0 Å². The average molecular weight is 803 g/mol. The van der Waals surface area contributed by atoms with Crippen molar-refractivity contribution in [2.45, 2.75) is 77.0 Å². The first kappa shape index (κ1) is 42.1. The van der Waals surface area contributed by atoms with Gasteiger partial charge in [0.25, 0.3) is 23.6 Å². The van der Waals surface area contributed by atoms with Crippen LogP contribution in [-0.2, 0) is 32.0 Å². The minimum Gasteiger partial charge on any atom is -0.480 e. The number of hydrogen-bond donors (Lipinski definition) is 4. The van der Waals surface area contributed by atoms with Crippen molar-refractivity contribution in [1.82, 2.24) is 20.4 Å². The van der Waals surface area contributed by atoms with E-state index in [2.05, 4.69) is 10.6 Å². The summed E-state index contributed by atoms with van der Waals surface area (Å²) in [6.07, 6.45) is 1.19. The molecule has 0 fully saturated rings. The number of rotatable bonds is 18. The van der Waals surface area contributed by atoms with Crippen molar-refractivity contribution < 1.29 is 48.6 Å². The largest absolute Gasteiger partial charge is 0.480 e. The van der Waals surface area contributed by atoms with Gasteiger partial charge in [0, 0.05) is 46.0 Å². The fraction of sp³-hybridized carbons (Fsp3) is 0.333. The first-order valence-corrected chi connectivity index (χ1v) is 19.6. The molecule has 0 radical (unpaired) electrons. The van der Waals surface area contributed by atoms with E-state index < -0.39 is 77.0 Å². The number of aldehydes is 1. The van der Waals surface area contributed by atoms with Crippen molar-refractivity contribution in [3.05, 3.63) is 118 Å². The Labute approximate surface area is 340 Å². The van der Waals surface area contributed by atoms with Gasteiger partial charge in [0.15, 0.2) is 0 Å². The van der Waals surface area contributed by atoms with Crippen LogP contribution in [0.15, 0.2) is 84.9 Å². The van der Waals surface area contributed by atoms with Crippen LogP contribution in [0.4, 0.5) is 0 Å². The summed E-state index contributed by atoms with van der Waals surface area (Å²) >= 11 is 0. The second-order valence-electron chi connectivity index (χ2n) is 15.3. The molecule has 306 valence electrons. The van der Waals surface area contributed by atoms with Crippen molar-refractivity contribution in [2.75, 3.05) is 6.54 Å². The van der Waals surface area contributed by atoms with E-state index in [0.717, 1.165) is 15.4 Å². The lowest BCUT2D eigenvalue weighted by atomic mass is 9.78. The summed E-state index contributed by atoms with van der Waals surface area (Å²) in [4.78, 5) is 112. The third kappa shape index (κ3) is 7.63. The topological polar surface area (TPSA) is 208 Å². The van der Waals surface area contributed by atoms with Crippen molar-refractivity contribution >= 4 is 58.5 Å². The number of nitrogens with one attached hydrogen (secondary N) is 2. The maximum Gasteiger partial charge on any atom is 0.326 e. The van der Waals surface area contributed by atoms with Gasteiger partial charge >= 0.3 is 11.9 Å². The fourth-order valence-corrected chi connectivity index (χ4v) is 8.11. The molecule has 6 rings (SSSR count). The number of carboxylic acids is 2. The Balaban J connectivity index is 1.36. The molecule has 2 heterocycles. The van der Waals surface area contributed by atoms with Gasteiger partial charge in [-0.1, -0.05) is 101 Å². The number of carboxylic acid groups (broad SMARTS) is 2. The van der Waals surface area contributed by atoms with Crippen LogP contribution in [0, 0.1) is 11.8 Å². The molecule has 4 aromatic rings. The third-order valence-corrected chi connectivity index (χ3v) is 11.9. The molecular formula is C45H46N4O10. The normalized spacial score (nSPS) is 17.2. The smallest absolute Gasteiger partial charge is 0.326 e. The number of nitrogens with zero attached hydrogens (tertiary/aromatic N) is 2. The molecule has 6 unspecified atom stereocenters. The van der Waals surface area contributed by atoms with Gasteiger partial charge in [-0.15, -0.1) is 0 Å². The molecule has 2 aliphatic heterocycles. The predicted octanol–water partition coefficient (Wildman–Crippen LogP) is 4.53. The molecule has 14 nitrogen and oxygen atoms in total. The van der Waals surface area contributed by atoms with Gasteiger partial charge in [-0.25, -0.2) is 4.79 Å². The first-order chi connectivity index (χ1) is 28.2. The quantitative estimate of drug-likeness (QED) is 0.0812. The summed E-state index contributed by atoms with van der Waals surface area (Å²) in [6, 6.07) is 19.0. The van der Waals surface area contributed by atoms with E-state index in [1.165, 1.54) is 24.3 Å². The molecule has 5 amide bonds. The predicted molar refractivity (Wildman–Crippen MR) is 216 cm³/mol. The molecule has 4 aromatic carbocycles. The Hall–Kier alpha value is -6.54. The molecule has 0 spiro atoms. The second-order valence-corrected chi connectivity index (χ2v) is 15.3. The summed E-state index contributed by atoms with van der Waals surface area (Å²) < 4.78 is 0. The van der Waals surface area contributed by atoms with E-state index in [1.54, 1.807) is 88.4 Å². The Morgan fingerprint density at radius 3 is 1.51 bits per heavy atom. The first-order valence-electron chi connectivity index (χ1n) is 19.6. The van der Waals surface area contributed by atoms with Gasteiger partial charge in [0.1, 0.15) is 30.0 Å². The lowest BCUT2D eigenvalue weighted by Gasteiger charge is -2.45. The van der Waals surface area contributed by atoms with Gasteiger partial charge < -0.3 is 25.6 Å². The van der Waals surface area contributed by atoms with Crippen LogP contribution in [0.5, 0.6) is 0 Å². The zero-order chi connectivity index (χ0) is 42.8. The van der Waals surface area contributed by atoms with E-state index in [-0.39, 0.29) is 52.4 Å². The summed E-state index contributed by atoms with van der Waals surface area (Å²) in [5, 5.41) is 25.7. The molecule has 0 bridgehead atoms. The molecule has 14 heteroatoms. The summed E-state index contributed by atoms with van der Waals surface area (Å²) in [5.74, 6) is -8.05. The molecule has 4 N–H and O–H groups in total. The van der Waals surface area contributed by atoms with E-state index in [4.69, 9.17) is 0 Å². The zero-order valence-corrected chi connectivity index (χ0v) is 33.1. The van der Waals surface area contributed by atoms with Gasteiger partial charge in [-0.3, -0.25) is 38.6 Å². The number of carbonyl (C=O) groups is 8. The van der Waals surface area contributed by atoms with Crippen LogP contribution in [0.3, 0.4) is 0 Å². The maximum absolute atomic E-state index is 14.6. The monoisotopic (exact) mass is 802 g/mol. The van der Waals surface area contributed by atoms with Crippen LogP contribution in [0.2, 0.25) is 0 Å². The van der Waals surface area contributed by atoms with E-state index in [0.29, 0.717) is 24.7 Å². The van der Waals surface area contributed by atoms with Gasteiger partial charge in [0.2, 0.25) is 5.91 Å². The Morgan fingerprint density at radius 2 is 1.10 bits per heavy atom. The van der Waals surface area contributed by atoms with Crippen molar-refractivity contribution in [3.8, 4) is 0 Å². The van der Waals surface area contributed by atoms with E-state index >= 15 is 0 Å². The summed E-state index contributed by atoms with van der Waals surface area (Å²) in [7, 11) is 0. The van der Waals surface area contributed by atoms with E-state index in [9.17, 15) is 48.6 Å².